The Kier molecular flexibility index (Phi) is 1.44. The molecular weight excluding hydrogens is 158 g/mol. The summed E-state index contributed by atoms with van der Waals surface area (Å²) in [5.41, 5.74) is 5.94. The predicted molar refractivity (Wildman–Crippen MR) is 39.7 cm³/mol. The summed E-state index contributed by atoms with van der Waals surface area (Å²) in [7, 11) is 0. The van der Waals surface area contributed by atoms with Crippen molar-refractivity contribution in [3.8, 4) is 11.5 Å². The number of hydrogen-bond acceptors (Lipinski definition) is 6. The van der Waals surface area contributed by atoms with E-state index in [2.05, 4.69) is 20.4 Å². The number of anilines is 1. The highest BCUT2D eigenvalue weighted by Crippen LogP contribution is 2.15. The molecule has 0 unspecified atom stereocenters. The molecule has 0 spiro atoms. The zero-order valence-corrected chi connectivity index (χ0v) is 6.01. The van der Waals surface area contributed by atoms with Gasteiger partial charge in [0.15, 0.2) is 0 Å². The Bertz CT molecular complexity index is 370. The topological polar surface area (TPSA) is 90.7 Å². The van der Waals surface area contributed by atoms with Crippen molar-refractivity contribution in [2.75, 3.05) is 5.73 Å². The van der Waals surface area contributed by atoms with E-state index in [4.69, 9.17) is 10.2 Å². The van der Waals surface area contributed by atoms with Crippen molar-refractivity contribution >= 4 is 6.01 Å². The predicted octanol–water partition coefficient (Wildman–Crippen LogP) is 0.109. The molecule has 0 saturated heterocycles. The van der Waals surface area contributed by atoms with Gasteiger partial charge >= 0.3 is 6.01 Å². The molecule has 2 heterocycles. The third-order valence-corrected chi connectivity index (χ3v) is 1.27. The summed E-state index contributed by atoms with van der Waals surface area (Å²) < 4.78 is 4.96. The molecule has 2 aromatic rings. The zero-order chi connectivity index (χ0) is 8.39. The normalized spacial score (nSPS) is 10.0. The van der Waals surface area contributed by atoms with Crippen LogP contribution in [-0.4, -0.2) is 20.4 Å². The first-order valence-corrected chi connectivity index (χ1v) is 3.22. The summed E-state index contributed by atoms with van der Waals surface area (Å²) in [6, 6.07) is 1.75. The van der Waals surface area contributed by atoms with Gasteiger partial charge in [-0.2, -0.15) is 10.2 Å². The van der Waals surface area contributed by atoms with E-state index in [1.54, 1.807) is 6.07 Å². The Morgan fingerprint density at radius 3 is 2.75 bits per heavy atom. The molecule has 0 bridgehead atoms. The van der Waals surface area contributed by atoms with Gasteiger partial charge < -0.3 is 10.2 Å². The maximum Gasteiger partial charge on any atom is 0.313 e. The summed E-state index contributed by atoms with van der Waals surface area (Å²) >= 11 is 0. The van der Waals surface area contributed by atoms with Crippen molar-refractivity contribution in [3.63, 3.8) is 0 Å². The van der Waals surface area contributed by atoms with Crippen LogP contribution < -0.4 is 5.73 Å². The molecule has 6 heteroatoms. The van der Waals surface area contributed by atoms with E-state index in [0.29, 0.717) is 11.5 Å². The van der Waals surface area contributed by atoms with Crippen LogP contribution in [0.3, 0.4) is 0 Å². The second-order valence-electron chi connectivity index (χ2n) is 2.08. The molecule has 0 radical (unpaired) electrons. The molecule has 2 rings (SSSR count). The van der Waals surface area contributed by atoms with Gasteiger partial charge in [-0.1, -0.05) is 5.10 Å². The summed E-state index contributed by atoms with van der Waals surface area (Å²) in [5, 5.41) is 14.4. The lowest BCUT2D eigenvalue weighted by molar-refractivity contribution is 0.589. The SMILES string of the molecule is Nc1nnc(-c2ccnnc2)o1. The number of nitrogens with two attached hydrogens (primary N) is 1. The summed E-state index contributed by atoms with van der Waals surface area (Å²) in [5.74, 6) is 0.349. The fraction of sp³-hybridized carbons (Fsp3) is 0. The molecule has 0 aliphatic carbocycles. The van der Waals surface area contributed by atoms with Crippen LogP contribution in [0, 0.1) is 0 Å². The molecule has 0 aliphatic heterocycles. The van der Waals surface area contributed by atoms with Crippen molar-refractivity contribution in [1.82, 2.24) is 20.4 Å². The van der Waals surface area contributed by atoms with Gasteiger partial charge in [-0.05, 0) is 6.07 Å². The number of nitrogens with zero attached hydrogens (tertiary/aromatic N) is 4. The summed E-state index contributed by atoms with van der Waals surface area (Å²) in [6.45, 7) is 0. The minimum absolute atomic E-state index is 0.0433. The van der Waals surface area contributed by atoms with Gasteiger partial charge in [0.2, 0.25) is 0 Å². The van der Waals surface area contributed by atoms with Crippen LogP contribution in [0.15, 0.2) is 22.9 Å². The average Bonchev–Trinajstić information content (AvgIpc) is 2.54. The van der Waals surface area contributed by atoms with Crippen molar-refractivity contribution in [1.29, 1.82) is 0 Å². The standard InChI is InChI=1S/C6H5N5O/c7-6-11-10-5(12-6)4-1-2-8-9-3-4/h1-3H,(H2,7,11). The van der Waals surface area contributed by atoms with E-state index < -0.39 is 0 Å². The average molecular weight is 163 g/mol. The highest BCUT2D eigenvalue weighted by atomic mass is 16.4. The van der Waals surface area contributed by atoms with E-state index in [-0.39, 0.29) is 6.01 Å². The van der Waals surface area contributed by atoms with E-state index in [0.717, 1.165) is 0 Å². The number of rotatable bonds is 1. The maximum atomic E-state index is 5.24. The first-order valence-electron chi connectivity index (χ1n) is 3.22. The van der Waals surface area contributed by atoms with E-state index in [9.17, 15) is 0 Å². The van der Waals surface area contributed by atoms with Gasteiger partial charge in [-0.25, -0.2) is 0 Å². The molecule has 12 heavy (non-hydrogen) atoms. The lowest BCUT2D eigenvalue weighted by Gasteiger charge is -1.88. The second-order valence-corrected chi connectivity index (χ2v) is 2.08. The third-order valence-electron chi connectivity index (χ3n) is 1.27. The summed E-state index contributed by atoms with van der Waals surface area (Å²) in [4.78, 5) is 0. The van der Waals surface area contributed by atoms with Gasteiger partial charge in [-0.15, -0.1) is 5.10 Å². The van der Waals surface area contributed by atoms with Crippen LogP contribution in [0.5, 0.6) is 0 Å². The molecule has 0 fully saturated rings. The smallest absolute Gasteiger partial charge is 0.313 e. The molecule has 0 aromatic carbocycles. The van der Waals surface area contributed by atoms with E-state index >= 15 is 0 Å². The zero-order valence-electron chi connectivity index (χ0n) is 6.01. The summed E-state index contributed by atoms with van der Waals surface area (Å²) in [6.07, 6.45) is 3.06. The van der Waals surface area contributed by atoms with Crippen molar-refractivity contribution < 1.29 is 4.42 Å². The van der Waals surface area contributed by atoms with Crippen LogP contribution in [0.2, 0.25) is 0 Å². The number of nitrogen functional groups attached to an aromatic ring is 1. The molecule has 0 aliphatic rings. The van der Waals surface area contributed by atoms with Crippen LogP contribution in [0.25, 0.3) is 11.5 Å². The van der Waals surface area contributed by atoms with Crippen molar-refractivity contribution in [2.45, 2.75) is 0 Å². The minimum Gasteiger partial charge on any atom is -0.403 e. The largest absolute Gasteiger partial charge is 0.403 e. The Balaban J connectivity index is 2.45. The van der Waals surface area contributed by atoms with E-state index in [1.165, 1.54) is 12.4 Å². The van der Waals surface area contributed by atoms with Crippen molar-refractivity contribution in [2.24, 2.45) is 0 Å². The molecule has 6 nitrogen and oxygen atoms in total. The molecule has 60 valence electrons. The third kappa shape index (κ3) is 1.09. The molecular formula is C6H5N5O. The Morgan fingerprint density at radius 2 is 2.17 bits per heavy atom. The number of hydrogen-bond donors (Lipinski definition) is 1. The Morgan fingerprint density at radius 1 is 1.25 bits per heavy atom. The maximum absolute atomic E-state index is 5.24. The second kappa shape index (κ2) is 2.57. The molecule has 0 atom stereocenters. The lowest BCUT2D eigenvalue weighted by atomic mass is 10.3. The van der Waals surface area contributed by atoms with Crippen LogP contribution in [0.4, 0.5) is 6.01 Å². The van der Waals surface area contributed by atoms with Gasteiger partial charge in [0, 0.05) is 0 Å². The monoisotopic (exact) mass is 163 g/mol. The van der Waals surface area contributed by atoms with Crippen LogP contribution >= 0.6 is 0 Å². The fourth-order valence-corrected chi connectivity index (χ4v) is 0.768. The van der Waals surface area contributed by atoms with Crippen LogP contribution in [0.1, 0.15) is 0 Å². The molecule has 0 amide bonds. The van der Waals surface area contributed by atoms with E-state index in [1.807, 2.05) is 0 Å². The quantitative estimate of drug-likeness (QED) is 0.641. The Hall–Kier alpha value is -1.98. The molecule has 2 N–H and O–H groups in total. The highest BCUT2D eigenvalue weighted by molar-refractivity contribution is 5.50. The van der Waals surface area contributed by atoms with Gasteiger partial charge in [0.25, 0.3) is 5.89 Å². The molecule has 0 saturated carbocycles. The lowest BCUT2D eigenvalue weighted by Crippen LogP contribution is -1.81. The molecule has 2 aromatic heterocycles. The minimum atomic E-state index is 0.0433. The van der Waals surface area contributed by atoms with Gasteiger partial charge in [-0.3, -0.25) is 0 Å². The highest BCUT2D eigenvalue weighted by Gasteiger charge is 2.04. The number of aromatic nitrogens is 4. The first kappa shape index (κ1) is 6.71. The Labute approximate surface area is 67.4 Å². The van der Waals surface area contributed by atoms with Gasteiger partial charge in [0.1, 0.15) is 0 Å². The van der Waals surface area contributed by atoms with Gasteiger partial charge in [0.05, 0.1) is 18.0 Å². The fourth-order valence-electron chi connectivity index (χ4n) is 0.768. The first-order chi connectivity index (χ1) is 5.86. The van der Waals surface area contributed by atoms with Crippen LogP contribution in [-0.2, 0) is 0 Å². The van der Waals surface area contributed by atoms with Crippen molar-refractivity contribution in [3.05, 3.63) is 18.5 Å².